The minimum absolute atomic E-state index is 0.0336. The van der Waals surface area contributed by atoms with Crippen LogP contribution in [0.25, 0.3) is 11.5 Å². The molecule has 9 heteroatoms. The lowest BCUT2D eigenvalue weighted by molar-refractivity contribution is -0.120. The third-order valence-corrected chi connectivity index (χ3v) is 5.92. The van der Waals surface area contributed by atoms with E-state index in [-0.39, 0.29) is 24.1 Å². The number of aliphatic hydroxyl groups is 2. The molecule has 2 atom stereocenters. The zero-order valence-corrected chi connectivity index (χ0v) is 17.5. The molecule has 1 saturated heterocycles. The van der Waals surface area contributed by atoms with Crippen molar-refractivity contribution in [2.75, 3.05) is 13.1 Å². The average molecular weight is 442 g/mol. The van der Waals surface area contributed by atoms with E-state index in [0.717, 1.165) is 11.1 Å². The number of carbonyl (C=O) groups is 2. The second-order valence-corrected chi connectivity index (χ2v) is 8.27. The number of carbonyl (C=O) groups excluding carboxylic acids is 2. The Morgan fingerprint density at radius 3 is 2.68 bits per heavy atom. The number of amides is 2. The van der Waals surface area contributed by atoms with E-state index in [9.17, 15) is 19.8 Å². The quantitative estimate of drug-likeness (QED) is 0.538. The molecule has 0 saturated carbocycles. The van der Waals surface area contributed by atoms with Crippen LogP contribution in [0.4, 0.5) is 0 Å². The lowest BCUT2D eigenvalue weighted by Crippen LogP contribution is -2.49. The Labute approximate surface area is 183 Å². The van der Waals surface area contributed by atoms with Gasteiger partial charge in [0.25, 0.3) is 5.91 Å². The number of hydrogen-bond donors (Lipinski definition) is 3. The van der Waals surface area contributed by atoms with Crippen molar-refractivity contribution in [2.24, 2.45) is 0 Å². The molecule has 3 N–H and O–H groups in total. The van der Waals surface area contributed by atoms with E-state index in [4.69, 9.17) is 4.42 Å². The number of aromatic nitrogens is 1. The smallest absolute Gasteiger partial charge is 0.275 e. The number of nitrogens with one attached hydrogen (secondary N) is 1. The SMILES string of the molecule is O=C(Cc1ccsc1)NCc1ccc(-c2nc(C(=O)N3CC[C@H](O)[C@@H](O)C3)co2)cc1. The van der Waals surface area contributed by atoms with Crippen LogP contribution in [0.5, 0.6) is 0 Å². The van der Waals surface area contributed by atoms with Crippen LogP contribution >= 0.6 is 11.3 Å². The summed E-state index contributed by atoms with van der Waals surface area (Å²) in [5.41, 5.74) is 2.80. The molecule has 31 heavy (non-hydrogen) atoms. The number of hydrogen-bond acceptors (Lipinski definition) is 7. The van der Waals surface area contributed by atoms with Crippen LogP contribution in [0, 0.1) is 0 Å². The maximum absolute atomic E-state index is 12.6. The predicted octanol–water partition coefficient (Wildman–Crippen LogP) is 1.83. The zero-order valence-electron chi connectivity index (χ0n) is 16.7. The first-order chi connectivity index (χ1) is 15.0. The Morgan fingerprint density at radius 2 is 1.97 bits per heavy atom. The molecule has 1 fully saturated rings. The van der Waals surface area contributed by atoms with Crippen molar-refractivity contribution in [1.82, 2.24) is 15.2 Å². The number of piperidine rings is 1. The number of likely N-dealkylation sites (tertiary alicyclic amines) is 1. The number of rotatable bonds is 6. The van der Waals surface area contributed by atoms with Gasteiger partial charge < -0.3 is 24.8 Å². The van der Waals surface area contributed by atoms with Crippen molar-refractivity contribution in [1.29, 1.82) is 0 Å². The third kappa shape index (κ3) is 5.19. The van der Waals surface area contributed by atoms with Gasteiger partial charge >= 0.3 is 0 Å². The third-order valence-electron chi connectivity index (χ3n) is 5.19. The molecule has 1 aliphatic heterocycles. The predicted molar refractivity (Wildman–Crippen MR) is 114 cm³/mol. The molecule has 3 aromatic rings. The molecular formula is C22H23N3O5S. The number of β-amino-alcohol motifs (C(OH)–C–C–N with tert-alkyl or cyclic N) is 1. The van der Waals surface area contributed by atoms with Crippen LogP contribution in [-0.4, -0.2) is 57.2 Å². The van der Waals surface area contributed by atoms with Crippen molar-refractivity contribution >= 4 is 23.2 Å². The molecule has 2 amide bonds. The number of benzene rings is 1. The second kappa shape index (κ2) is 9.42. The second-order valence-electron chi connectivity index (χ2n) is 7.49. The first-order valence-corrected chi connectivity index (χ1v) is 10.9. The van der Waals surface area contributed by atoms with Gasteiger partial charge in [-0.1, -0.05) is 12.1 Å². The standard InChI is InChI=1S/C22H23N3O5S/c26-18-5-7-25(11-19(18)27)22(29)17-12-30-21(24-17)16-3-1-14(2-4-16)10-23-20(28)9-15-6-8-31-13-15/h1-4,6,8,12-13,18-19,26-27H,5,7,9-11H2,(H,23,28)/t18-,19-/m0/s1. The molecule has 1 aromatic carbocycles. The maximum atomic E-state index is 12.6. The molecule has 0 spiro atoms. The highest BCUT2D eigenvalue weighted by Crippen LogP contribution is 2.21. The Morgan fingerprint density at radius 1 is 1.16 bits per heavy atom. The number of thiophene rings is 1. The lowest BCUT2D eigenvalue weighted by atomic mass is 10.0. The van der Waals surface area contributed by atoms with Gasteiger partial charge in [-0.25, -0.2) is 4.98 Å². The molecule has 8 nitrogen and oxygen atoms in total. The molecule has 0 unspecified atom stereocenters. The molecule has 0 radical (unpaired) electrons. The topological polar surface area (TPSA) is 116 Å². The van der Waals surface area contributed by atoms with Crippen molar-refractivity contribution in [3.05, 3.63) is 64.2 Å². The molecular weight excluding hydrogens is 418 g/mol. The first kappa shape index (κ1) is 21.2. The normalized spacial score (nSPS) is 18.7. The van der Waals surface area contributed by atoms with Crippen LogP contribution in [0.2, 0.25) is 0 Å². The average Bonchev–Trinajstić information content (AvgIpc) is 3.46. The van der Waals surface area contributed by atoms with Crippen molar-refractivity contribution in [3.8, 4) is 11.5 Å². The Hall–Kier alpha value is -3.01. The molecule has 0 aliphatic carbocycles. The largest absolute Gasteiger partial charge is 0.444 e. The number of nitrogens with zero attached hydrogens (tertiary/aromatic N) is 2. The van der Waals surface area contributed by atoms with Gasteiger partial charge in [-0.2, -0.15) is 11.3 Å². The van der Waals surface area contributed by atoms with Gasteiger partial charge in [0, 0.05) is 25.2 Å². The van der Waals surface area contributed by atoms with Crippen LogP contribution in [0.15, 0.2) is 51.8 Å². The summed E-state index contributed by atoms with van der Waals surface area (Å²) in [6.45, 7) is 0.836. The summed E-state index contributed by atoms with van der Waals surface area (Å²) in [6, 6.07) is 9.32. The van der Waals surface area contributed by atoms with Gasteiger partial charge in [0.2, 0.25) is 11.8 Å². The lowest BCUT2D eigenvalue weighted by Gasteiger charge is -2.32. The summed E-state index contributed by atoms with van der Waals surface area (Å²) in [7, 11) is 0. The van der Waals surface area contributed by atoms with Crippen molar-refractivity contribution < 1.29 is 24.2 Å². The zero-order chi connectivity index (χ0) is 21.8. The summed E-state index contributed by atoms with van der Waals surface area (Å²) in [4.78, 5) is 30.3. The Bertz CT molecular complexity index is 1030. The fourth-order valence-corrected chi connectivity index (χ4v) is 4.05. The van der Waals surface area contributed by atoms with Gasteiger partial charge in [-0.15, -0.1) is 0 Å². The van der Waals surface area contributed by atoms with Crippen LogP contribution in [0.3, 0.4) is 0 Å². The summed E-state index contributed by atoms with van der Waals surface area (Å²) < 4.78 is 5.47. The fraction of sp³-hybridized carbons (Fsp3) is 0.318. The van der Waals surface area contributed by atoms with E-state index in [2.05, 4.69) is 10.3 Å². The van der Waals surface area contributed by atoms with Crippen molar-refractivity contribution in [3.63, 3.8) is 0 Å². The molecule has 3 heterocycles. The highest BCUT2D eigenvalue weighted by atomic mass is 32.1. The van der Waals surface area contributed by atoms with E-state index >= 15 is 0 Å². The van der Waals surface area contributed by atoms with Crippen LogP contribution < -0.4 is 5.32 Å². The van der Waals surface area contributed by atoms with Crippen molar-refractivity contribution in [2.45, 2.75) is 31.6 Å². The van der Waals surface area contributed by atoms with E-state index in [0.29, 0.717) is 37.4 Å². The first-order valence-electron chi connectivity index (χ1n) is 9.97. The molecule has 4 rings (SSSR count). The van der Waals surface area contributed by atoms with Crippen LogP contribution in [-0.2, 0) is 17.8 Å². The minimum atomic E-state index is -0.956. The number of oxazole rings is 1. The highest BCUT2D eigenvalue weighted by Gasteiger charge is 2.30. The molecule has 2 aromatic heterocycles. The van der Waals surface area contributed by atoms with Crippen LogP contribution in [0.1, 0.15) is 28.0 Å². The van der Waals surface area contributed by atoms with E-state index in [1.165, 1.54) is 11.2 Å². The maximum Gasteiger partial charge on any atom is 0.275 e. The van der Waals surface area contributed by atoms with Gasteiger partial charge in [0.05, 0.1) is 18.6 Å². The monoisotopic (exact) mass is 441 g/mol. The summed E-state index contributed by atoms with van der Waals surface area (Å²) in [5, 5.41) is 26.2. The molecule has 0 bridgehead atoms. The summed E-state index contributed by atoms with van der Waals surface area (Å²) in [6.07, 6.45) is 0.219. The fourth-order valence-electron chi connectivity index (χ4n) is 3.38. The number of aliphatic hydroxyl groups excluding tert-OH is 2. The summed E-state index contributed by atoms with van der Waals surface area (Å²) in [5.74, 6) is -0.0615. The van der Waals surface area contributed by atoms with Gasteiger partial charge in [0.15, 0.2) is 5.69 Å². The summed E-state index contributed by atoms with van der Waals surface area (Å²) >= 11 is 1.57. The van der Waals surface area contributed by atoms with E-state index < -0.39 is 12.2 Å². The van der Waals surface area contributed by atoms with Gasteiger partial charge in [0.1, 0.15) is 6.26 Å². The minimum Gasteiger partial charge on any atom is -0.444 e. The Balaban J connectivity index is 1.33. The van der Waals surface area contributed by atoms with Gasteiger partial charge in [-0.05, 0) is 46.5 Å². The Kier molecular flexibility index (Phi) is 6.45. The van der Waals surface area contributed by atoms with E-state index in [1.54, 1.807) is 11.3 Å². The molecule has 162 valence electrons. The van der Waals surface area contributed by atoms with Gasteiger partial charge in [-0.3, -0.25) is 9.59 Å². The highest BCUT2D eigenvalue weighted by molar-refractivity contribution is 7.08. The molecule has 1 aliphatic rings. The van der Waals surface area contributed by atoms with E-state index in [1.807, 2.05) is 41.1 Å².